The molecule has 0 bridgehead atoms. The molecule has 1 aliphatic rings. The normalized spacial score (nSPS) is 21.1. The van der Waals surface area contributed by atoms with Gasteiger partial charge in [-0.1, -0.05) is 73.7 Å². The van der Waals surface area contributed by atoms with Crippen molar-refractivity contribution in [3.63, 3.8) is 0 Å². The van der Waals surface area contributed by atoms with E-state index in [1.165, 1.54) is 33.9 Å². The van der Waals surface area contributed by atoms with Crippen molar-refractivity contribution in [2.75, 3.05) is 0 Å². The lowest BCUT2D eigenvalue weighted by Gasteiger charge is -2.18. The van der Waals surface area contributed by atoms with Gasteiger partial charge in [-0.2, -0.15) is 0 Å². The molecule has 0 saturated heterocycles. The van der Waals surface area contributed by atoms with Crippen LogP contribution in [-0.4, -0.2) is 0 Å². The Hall–Kier alpha value is -2.08. The average molecular weight is 258 g/mol. The Balaban J connectivity index is 1.86. The lowest BCUT2D eigenvalue weighted by atomic mass is 9.86. The van der Waals surface area contributed by atoms with E-state index >= 15 is 0 Å². The van der Waals surface area contributed by atoms with E-state index in [-0.39, 0.29) is 0 Å². The van der Waals surface area contributed by atoms with Gasteiger partial charge in [0.1, 0.15) is 0 Å². The minimum atomic E-state index is 0.552. The summed E-state index contributed by atoms with van der Waals surface area (Å²) in [5, 5.41) is 2.68. The second-order valence-electron chi connectivity index (χ2n) is 5.96. The van der Waals surface area contributed by atoms with E-state index in [2.05, 4.69) is 73.7 Å². The molecule has 3 aromatic rings. The second-order valence-corrected chi connectivity index (χ2v) is 5.96. The fourth-order valence-corrected chi connectivity index (χ4v) is 3.70. The van der Waals surface area contributed by atoms with Crippen molar-refractivity contribution >= 4 is 10.8 Å². The molecule has 98 valence electrons. The van der Waals surface area contributed by atoms with Crippen molar-refractivity contribution in [1.29, 1.82) is 0 Å². The molecule has 0 spiro atoms. The van der Waals surface area contributed by atoms with E-state index in [4.69, 9.17) is 0 Å². The third-order valence-electron chi connectivity index (χ3n) is 4.63. The van der Waals surface area contributed by atoms with Crippen LogP contribution in [0.5, 0.6) is 0 Å². The molecule has 20 heavy (non-hydrogen) atoms. The lowest BCUT2D eigenvalue weighted by molar-refractivity contribution is 0.558. The van der Waals surface area contributed by atoms with E-state index < -0.39 is 0 Å². The largest absolute Gasteiger partial charge is 0.0620 e. The lowest BCUT2D eigenvalue weighted by Crippen LogP contribution is -2.05. The van der Waals surface area contributed by atoms with Gasteiger partial charge in [-0.25, -0.2) is 0 Å². The van der Waals surface area contributed by atoms with Crippen molar-refractivity contribution in [2.45, 2.75) is 19.3 Å². The molecule has 0 N–H and O–H groups in total. The van der Waals surface area contributed by atoms with Gasteiger partial charge in [0.2, 0.25) is 0 Å². The molecule has 0 fully saturated rings. The summed E-state index contributed by atoms with van der Waals surface area (Å²) in [5.74, 6) is 1.24. The number of hydrogen-bond acceptors (Lipinski definition) is 0. The zero-order valence-corrected chi connectivity index (χ0v) is 11.7. The van der Waals surface area contributed by atoms with Gasteiger partial charge in [0, 0.05) is 5.92 Å². The van der Waals surface area contributed by atoms with Crippen LogP contribution < -0.4 is 0 Å². The standard InChI is InChI=1S/C20H18/c1-14-12-17-8-4-5-9-19(17)20(14)18-11-10-15-6-2-3-7-16(15)13-18/h2-11,13-14,20H,12H2,1H3/t14-,20+/m0/s1. The Morgan fingerprint density at radius 1 is 0.800 bits per heavy atom. The third kappa shape index (κ3) is 1.76. The number of fused-ring (bicyclic) bond motifs is 2. The Morgan fingerprint density at radius 3 is 2.45 bits per heavy atom. The summed E-state index contributed by atoms with van der Waals surface area (Å²) >= 11 is 0. The van der Waals surface area contributed by atoms with Gasteiger partial charge in [-0.3, -0.25) is 0 Å². The zero-order chi connectivity index (χ0) is 13.5. The van der Waals surface area contributed by atoms with Crippen molar-refractivity contribution in [3.8, 4) is 0 Å². The van der Waals surface area contributed by atoms with Crippen molar-refractivity contribution in [2.24, 2.45) is 5.92 Å². The van der Waals surface area contributed by atoms with Gasteiger partial charge < -0.3 is 0 Å². The van der Waals surface area contributed by atoms with Gasteiger partial charge in [0.25, 0.3) is 0 Å². The molecule has 0 heterocycles. The molecule has 4 rings (SSSR count). The van der Waals surface area contributed by atoms with E-state index in [1.54, 1.807) is 0 Å². The fraction of sp³-hybridized carbons (Fsp3) is 0.200. The minimum Gasteiger partial charge on any atom is -0.0620 e. The maximum Gasteiger partial charge on any atom is 0.0121 e. The molecule has 0 saturated carbocycles. The van der Waals surface area contributed by atoms with Crippen LogP contribution in [0.25, 0.3) is 10.8 Å². The van der Waals surface area contributed by atoms with Gasteiger partial charge >= 0.3 is 0 Å². The van der Waals surface area contributed by atoms with Crippen LogP contribution in [0.1, 0.15) is 29.5 Å². The molecule has 0 aliphatic heterocycles. The molecule has 0 radical (unpaired) electrons. The molecular weight excluding hydrogens is 240 g/mol. The molecule has 0 heteroatoms. The van der Waals surface area contributed by atoms with Crippen LogP contribution >= 0.6 is 0 Å². The summed E-state index contributed by atoms with van der Waals surface area (Å²) in [6, 6.07) is 24.5. The average Bonchev–Trinajstić information content (AvgIpc) is 2.82. The van der Waals surface area contributed by atoms with Crippen molar-refractivity contribution in [3.05, 3.63) is 83.4 Å². The van der Waals surface area contributed by atoms with Gasteiger partial charge in [-0.15, -0.1) is 0 Å². The summed E-state index contributed by atoms with van der Waals surface area (Å²) in [6.07, 6.45) is 1.20. The highest BCUT2D eigenvalue weighted by Crippen LogP contribution is 2.42. The predicted molar refractivity (Wildman–Crippen MR) is 85.1 cm³/mol. The third-order valence-corrected chi connectivity index (χ3v) is 4.63. The number of benzene rings is 3. The highest BCUT2D eigenvalue weighted by Gasteiger charge is 2.30. The monoisotopic (exact) mass is 258 g/mol. The van der Waals surface area contributed by atoms with Gasteiger partial charge in [-0.05, 0) is 39.8 Å². The van der Waals surface area contributed by atoms with Crippen LogP contribution in [-0.2, 0) is 6.42 Å². The van der Waals surface area contributed by atoms with Crippen LogP contribution in [0, 0.1) is 5.92 Å². The van der Waals surface area contributed by atoms with E-state index in [9.17, 15) is 0 Å². The van der Waals surface area contributed by atoms with Gasteiger partial charge in [0.05, 0.1) is 0 Å². The molecule has 0 aromatic heterocycles. The summed E-state index contributed by atoms with van der Waals surface area (Å²) < 4.78 is 0. The summed E-state index contributed by atoms with van der Waals surface area (Å²) in [4.78, 5) is 0. The van der Waals surface area contributed by atoms with Crippen LogP contribution in [0.4, 0.5) is 0 Å². The first-order chi connectivity index (χ1) is 9.83. The topological polar surface area (TPSA) is 0 Å². The molecule has 1 aliphatic carbocycles. The van der Waals surface area contributed by atoms with E-state index in [1.807, 2.05) is 0 Å². The Morgan fingerprint density at radius 2 is 1.55 bits per heavy atom. The van der Waals surface area contributed by atoms with E-state index in [0.29, 0.717) is 11.8 Å². The van der Waals surface area contributed by atoms with Crippen molar-refractivity contribution < 1.29 is 0 Å². The SMILES string of the molecule is C[C@H]1Cc2ccccc2[C@H]1c1ccc2ccccc2c1. The maximum absolute atomic E-state index is 2.37. The zero-order valence-electron chi connectivity index (χ0n) is 11.7. The van der Waals surface area contributed by atoms with Crippen LogP contribution in [0.3, 0.4) is 0 Å². The summed E-state index contributed by atoms with van der Waals surface area (Å²) in [7, 11) is 0. The highest BCUT2D eigenvalue weighted by molar-refractivity contribution is 5.83. The molecule has 0 unspecified atom stereocenters. The Bertz CT molecular complexity index is 770. The van der Waals surface area contributed by atoms with E-state index in [0.717, 1.165) is 0 Å². The first kappa shape index (κ1) is 11.7. The quantitative estimate of drug-likeness (QED) is 0.565. The molecule has 0 nitrogen and oxygen atoms in total. The fourth-order valence-electron chi connectivity index (χ4n) is 3.70. The molecule has 3 aromatic carbocycles. The van der Waals surface area contributed by atoms with Gasteiger partial charge in [0.15, 0.2) is 0 Å². The minimum absolute atomic E-state index is 0.552. The Kier molecular flexibility index (Phi) is 2.63. The van der Waals surface area contributed by atoms with Crippen LogP contribution in [0.2, 0.25) is 0 Å². The van der Waals surface area contributed by atoms with Crippen molar-refractivity contribution in [1.82, 2.24) is 0 Å². The highest BCUT2D eigenvalue weighted by atomic mass is 14.3. The first-order valence-corrected chi connectivity index (χ1v) is 7.39. The number of rotatable bonds is 1. The predicted octanol–water partition coefficient (Wildman–Crippen LogP) is 5.16. The summed E-state index contributed by atoms with van der Waals surface area (Å²) in [5.41, 5.74) is 4.51. The molecular formula is C20H18. The first-order valence-electron chi connectivity index (χ1n) is 7.39. The molecule has 0 amide bonds. The van der Waals surface area contributed by atoms with Crippen LogP contribution in [0.15, 0.2) is 66.7 Å². The summed E-state index contributed by atoms with van der Waals surface area (Å²) in [6.45, 7) is 2.37. The molecule has 2 atom stereocenters. The number of hydrogen-bond donors (Lipinski definition) is 0. The maximum atomic E-state index is 2.37. The smallest absolute Gasteiger partial charge is 0.0121 e. The second kappa shape index (κ2) is 4.49. The Labute approximate surface area is 120 Å².